The third kappa shape index (κ3) is 1.67. The fourth-order valence-corrected chi connectivity index (χ4v) is 2.71. The molecule has 0 N–H and O–H groups in total. The first-order valence-electron chi connectivity index (χ1n) is 5.95. The molecule has 5 heteroatoms. The van der Waals surface area contributed by atoms with E-state index in [0.717, 1.165) is 35.5 Å². The van der Waals surface area contributed by atoms with Gasteiger partial charge >= 0.3 is 0 Å². The quantitative estimate of drug-likeness (QED) is 0.700. The van der Waals surface area contributed by atoms with E-state index < -0.39 is 0 Å². The Bertz CT molecular complexity index is 452. The normalized spacial score (nSPS) is 28.9. The summed E-state index contributed by atoms with van der Waals surface area (Å²) in [5, 5.41) is 13.2. The number of hydrogen-bond donors (Lipinski definition) is 0. The van der Waals surface area contributed by atoms with E-state index in [1.165, 1.54) is 12.5 Å². The number of furan rings is 1. The van der Waals surface area contributed by atoms with Crippen LogP contribution in [-0.4, -0.2) is 21.9 Å². The van der Waals surface area contributed by atoms with E-state index in [1.54, 1.807) is 12.1 Å². The largest absolute Gasteiger partial charge is 0.758 e. The molecule has 0 aromatic carbocycles. The summed E-state index contributed by atoms with van der Waals surface area (Å²) in [6.45, 7) is 0. The predicted octanol–water partition coefficient (Wildman–Crippen LogP) is 2.48. The van der Waals surface area contributed by atoms with Gasteiger partial charge in [0.1, 0.15) is 5.70 Å². The molecule has 0 amide bonds. The molecule has 2 heterocycles. The average Bonchev–Trinajstić information content (AvgIpc) is 2.87. The maximum Gasteiger partial charge on any atom is 0.247 e. The zero-order valence-electron chi connectivity index (χ0n) is 9.41. The van der Waals surface area contributed by atoms with Crippen molar-refractivity contribution in [3.05, 3.63) is 40.5 Å². The van der Waals surface area contributed by atoms with E-state index in [0.29, 0.717) is 11.5 Å². The molecule has 0 bridgehead atoms. The highest BCUT2D eigenvalue weighted by atomic mass is 16.5. The number of hydroxylamine groups is 2. The van der Waals surface area contributed by atoms with Crippen LogP contribution in [0.25, 0.3) is 5.70 Å². The van der Waals surface area contributed by atoms with Gasteiger partial charge in [0.2, 0.25) is 12.2 Å². The summed E-state index contributed by atoms with van der Waals surface area (Å²) in [6, 6.07) is 2.99. The molecule has 2 aliphatic rings. The highest BCUT2D eigenvalue weighted by molar-refractivity contribution is 5.59. The van der Waals surface area contributed by atoms with Crippen molar-refractivity contribution < 1.29 is 9.18 Å². The van der Waals surface area contributed by atoms with Crippen LogP contribution in [0.15, 0.2) is 29.0 Å². The van der Waals surface area contributed by atoms with Gasteiger partial charge in [-0.05, 0) is 25.0 Å². The van der Waals surface area contributed by atoms with Crippen LogP contribution in [0.5, 0.6) is 0 Å². The molecule has 1 aliphatic heterocycles. The molecule has 0 radical (unpaired) electrons. The van der Waals surface area contributed by atoms with Gasteiger partial charge in [-0.15, -0.1) is 0 Å². The standard InChI is InChI=1S/C12H14N2O3/c15-13-8-11(12-6-3-7-17-12)14(16)10-5-2-1-4-9(10)13/h3,6-10H,1-2,4-5H2. The van der Waals surface area contributed by atoms with E-state index >= 15 is 0 Å². The lowest BCUT2D eigenvalue weighted by Gasteiger charge is -2.43. The van der Waals surface area contributed by atoms with Crippen LogP contribution < -0.4 is 0 Å². The van der Waals surface area contributed by atoms with Gasteiger partial charge in [-0.3, -0.25) is 0 Å². The van der Waals surface area contributed by atoms with E-state index in [4.69, 9.17) is 4.42 Å². The van der Waals surface area contributed by atoms with Crippen molar-refractivity contribution in [2.45, 2.75) is 37.8 Å². The summed E-state index contributed by atoms with van der Waals surface area (Å²) in [4.78, 5) is 11.9. The fraction of sp³-hybridized carbons (Fsp3) is 0.500. The van der Waals surface area contributed by atoms with E-state index in [1.807, 2.05) is 0 Å². The summed E-state index contributed by atoms with van der Waals surface area (Å²) >= 11 is 0. The molecule has 1 aromatic heterocycles. The van der Waals surface area contributed by atoms with Crippen molar-refractivity contribution in [2.24, 2.45) is 0 Å². The third-order valence-corrected chi connectivity index (χ3v) is 3.58. The number of nitroso groups, excluding NO2 is 1. The molecule has 2 unspecified atom stereocenters. The van der Waals surface area contributed by atoms with Crippen molar-refractivity contribution >= 4 is 5.70 Å². The molecule has 3 rings (SSSR count). The molecular weight excluding hydrogens is 220 g/mol. The lowest BCUT2D eigenvalue weighted by atomic mass is 9.88. The fourth-order valence-electron chi connectivity index (χ4n) is 2.71. The molecule has 5 nitrogen and oxygen atoms in total. The Labute approximate surface area is 98.9 Å². The van der Waals surface area contributed by atoms with E-state index in [-0.39, 0.29) is 12.1 Å². The molecule has 17 heavy (non-hydrogen) atoms. The van der Waals surface area contributed by atoms with Crippen LogP contribution in [0.3, 0.4) is 0 Å². The van der Waals surface area contributed by atoms with Gasteiger partial charge in [0, 0.05) is 16.1 Å². The van der Waals surface area contributed by atoms with Gasteiger partial charge in [0.15, 0.2) is 5.76 Å². The van der Waals surface area contributed by atoms with Gasteiger partial charge in [-0.2, -0.15) is 0 Å². The number of rotatable bonds is 1. The molecule has 1 saturated carbocycles. The zero-order chi connectivity index (χ0) is 11.8. The Morgan fingerprint density at radius 1 is 1.41 bits per heavy atom. The van der Waals surface area contributed by atoms with Crippen molar-refractivity contribution in [2.75, 3.05) is 0 Å². The van der Waals surface area contributed by atoms with Crippen molar-refractivity contribution in [3.8, 4) is 0 Å². The highest BCUT2D eigenvalue weighted by Gasteiger charge is 2.42. The van der Waals surface area contributed by atoms with Crippen molar-refractivity contribution in [1.82, 2.24) is 5.06 Å². The minimum atomic E-state index is -0.230. The number of hydrogen-bond acceptors (Lipinski definition) is 4. The maximum absolute atomic E-state index is 12.2. The molecule has 1 aliphatic carbocycles. The molecule has 2 atom stereocenters. The second-order valence-corrected chi connectivity index (χ2v) is 4.60. The SMILES string of the molecule is O=[N+]1C=C(c2ccco2)N([O-])C2CCCCC21. The molecule has 90 valence electrons. The molecule has 0 saturated heterocycles. The zero-order valence-corrected chi connectivity index (χ0v) is 9.41. The lowest BCUT2D eigenvalue weighted by molar-refractivity contribution is -0.536. The van der Waals surface area contributed by atoms with Crippen molar-refractivity contribution in [1.29, 1.82) is 0 Å². The van der Waals surface area contributed by atoms with Crippen LogP contribution in [0.1, 0.15) is 31.4 Å². The molecular formula is C12H14N2O3. The number of fused-ring (bicyclic) bond motifs is 1. The van der Waals surface area contributed by atoms with Gasteiger partial charge < -0.3 is 14.7 Å². The van der Waals surface area contributed by atoms with E-state index in [2.05, 4.69) is 0 Å². The number of nitrogens with zero attached hydrogens (tertiary/aromatic N) is 2. The summed E-state index contributed by atoms with van der Waals surface area (Å²) in [6.07, 6.45) is 6.49. The average molecular weight is 234 g/mol. The van der Waals surface area contributed by atoms with Gasteiger partial charge in [-0.25, -0.2) is 0 Å². The molecule has 0 spiro atoms. The van der Waals surface area contributed by atoms with Crippen molar-refractivity contribution in [3.63, 3.8) is 0 Å². The summed E-state index contributed by atoms with van der Waals surface area (Å²) in [5.74, 6) is 0.463. The minimum absolute atomic E-state index is 0.194. The summed E-state index contributed by atoms with van der Waals surface area (Å²) in [7, 11) is 0. The third-order valence-electron chi connectivity index (χ3n) is 3.58. The van der Waals surface area contributed by atoms with Crippen LogP contribution in [0, 0.1) is 10.1 Å². The van der Waals surface area contributed by atoms with Crippen LogP contribution in [0.4, 0.5) is 0 Å². The summed E-state index contributed by atoms with van der Waals surface area (Å²) < 4.78 is 6.12. The minimum Gasteiger partial charge on any atom is -0.758 e. The Balaban J connectivity index is 1.97. The van der Waals surface area contributed by atoms with Crippen LogP contribution in [0.2, 0.25) is 0 Å². The van der Waals surface area contributed by atoms with Gasteiger partial charge in [-0.1, -0.05) is 6.42 Å². The molecule has 1 aromatic rings. The maximum atomic E-state index is 12.2. The molecule has 1 fully saturated rings. The Kier molecular flexibility index (Phi) is 2.48. The second kappa shape index (κ2) is 4.00. The van der Waals surface area contributed by atoms with Gasteiger partial charge in [0.05, 0.1) is 12.3 Å². The van der Waals surface area contributed by atoms with Gasteiger partial charge in [0.25, 0.3) is 0 Å². The lowest BCUT2D eigenvalue weighted by Crippen LogP contribution is -2.49. The van der Waals surface area contributed by atoms with Crippen LogP contribution >= 0.6 is 0 Å². The Hall–Kier alpha value is -1.62. The smallest absolute Gasteiger partial charge is 0.247 e. The first-order chi connectivity index (χ1) is 8.27. The topological polar surface area (TPSA) is 59.5 Å². The highest BCUT2D eigenvalue weighted by Crippen LogP contribution is 2.34. The van der Waals surface area contributed by atoms with E-state index in [9.17, 15) is 10.1 Å². The predicted molar refractivity (Wildman–Crippen MR) is 61.6 cm³/mol. The first kappa shape index (κ1) is 10.5. The Morgan fingerprint density at radius 2 is 2.24 bits per heavy atom. The first-order valence-corrected chi connectivity index (χ1v) is 5.95. The monoisotopic (exact) mass is 234 g/mol. The summed E-state index contributed by atoms with van der Waals surface area (Å²) in [5.41, 5.74) is 0.341. The Morgan fingerprint density at radius 3 is 3.00 bits per heavy atom. The second-order valence-electron chi connectivity index (χ2n) is 4.60. The van der Waals surface area contributed by atoms with Crippen LogP contribution in [-0.2, 0) is 0 Å².